The Bertz CT molecular complexity index is 623. The van der Waals surface area contributed by atoms with E-state index in [0.717, 1.165) is 0 Å². The van der Waals surface area contributed by atoms with E-state index in [9.17, 15) is 9.59 Å². The predicted octanol–water partition coefficient (Wildman–Crippen LogP) is 3.93. The fraction of sp³-hybridized carbons (Fsp3) is 0.111. The molecule has 0 bridgehead atoms. The minimum Gasteiger partial charge on any atom is -0.289 e. The van der Waals surface area contributed by atoms with E-state index in [1.165, 1.54) is 23.3 Å². The number of hydrogen-bond acceptors (Lipinski definition) is 2. The van der Waals surface area contributed by atoms with E-state index >= 15 is 0 Å². The standard InChI is InChI=1S/C10H6O2.C8H10/c11-9-5-6-10(12)8-4-2-1-3-7(8)9;1-7-5-3-4-6-8(7)2/h1-6H;3-6H,1-2H3. The van der Waals surface area contributed by atoms with Crippen LogP contribution < -0.4 is 0 Å². The van der Waals surface area contributed by atoms with Gasteiger partial charge in [-0.3, -0.25) is 9.59 Å². The fourth-order valence-electron chi connectivity index (χ4n) is 1.91. The minimum absolute atomic E-state index is 0.0924. The van der Waals surface area contributed by atoms with Gasteiger partial charge in [0, 0.05) is 11.1 Å². The summed E-state index contributed by atoms with van der Waals surface area (Å²) in [5.41, 5.74) is 3.75. The Hall–Kier alpha value is -2.48. The summed E-state index contributed by atoms with van der Waals surface area (Å²) in [4.78, 5) is 22.4. The Morgan fingerprint density at radius 2 is 0.950 bits per heavy atom. The largest absolute Gasteiger partial charge is 0.289 e. The number of carbonyl (C=O) groups excluding carboxylic acids is 2. The van der Waals surface area contributed by atoms with Crippen molar-refractivity contribution in [2.75, 3.05) is 0 Å². The lowest BCUT2D eigenvalue weighted by Crippen LogP contribution is -2.10. The number of aryl methyl sites for hydroxylation is 2. The fourth-order valence-corrected chi connectivity index (χ4v) is 1.91. The first-order valence-corrected chi connectivity index (χ1v) is 6.47. The van der Waals surface area contributed by atoms with Crippen molar-refractivity contribution in [1.29, 1.82) is 0 Å². The summed E-state index contributed by atoms with van der Waals surface area (Å²) in [5, 5.41) is 0. The molecule has 100 valence electrons. The third-order valence-corrected chi connectivity index (χ3v) is 3.27. The van der Waals surface area contributed by atoms with Crippen LogP contribution in [0.4, 0.5) is 0 Å². The van der Waals surface area contributed by atoms with Gasteiger partial charge in [-0.2, -0.15) is 0 Å². The molecule has 0 radical (unpaired) electrons. The molecule has 2 nitrogen and oxygen atoms in total. The van der Waals surface area contributed by atoms with E-state index in [1.807, 2.05) is 0 Å². The van der Waals surface area contributed by atoms with Gasteiger partial charge in [0.2, 0.25) is 0 Å². The van der Waals surface area contributed by atoms with Crippen LogP contribution in [-0.4, -0.2) is 11.6 Å². The van der Waals surface area contributed by atoms with Crippen LogP contribution in [0.15, 0.2) is 60.7 Å². The van der Waals surface area contributed by atoms with E-state index in [0.29, 0.717) is 11.1 Å². The monoisotopic (exact) mass is 264 g/mol. The summed E-state index contributed by atoms with van der Waals surface area (Å²) < 4.78 is 0. The van der Waals surface area contributed by atoms with Gasteiger partial charge in [0.05, 0.1) is 0 Å². The summed E-state index contributed by atoms with van der Waals surface area (Å²) >= 11 is 0. The summed E-state index contributed by atoms with van der Waals surface area (Å²) in [6.07, 6.45) is 2.62. The van der Waals surface area contributed by atoms with Gasteiger partial charge in [-0.05, 0) is 37.1 Å². The highest BCUT2D eigenvalue weighted by molar-refractivity contribution is 6.21. The average Bonchev–Trinajstić information content (AvgIpc) is 2.47. The number of ketones is 2. The SMILES string of the molecule is Cc1ccccc1C.O=C1C=CC(=O)c2ccccc21. The van der Waals surface area contributed by atoms with Crippen LogP contribution in [0.25, 0.3) is 0 Å². The molecule has 0 saturated carbocycles. The third-order valence-electron chi connectivity index (χ3n) is 3.27. The van der Waals surface area contributed by atoms with Crippen molar-refractivity contribution in [3.8, 4) is 0 Å². The minimum atomic E-state index is -0.0924. The molecule has 1 aliphatic rings. The Morgan fingerprint density at radius 3 is 1.30 bits per heavy atom. The van der Waals surface area contributed by atoms with Gasteiger partial charge in [0.15, 0.2) is 11.6 Å². The maximum atomic E-state index is 11.2. The summed E-state index contributed by atoms with van der Waals surface area (Å²) in [5.74, 6) is -0.185. The highest BCUT2D eigenvalue weighted by Gasteiger charge is 2.16. The Labute approximate surface area is 118 Å². The zero-order valence-corrected chi connectivity index (χ0v) is 11.6. The topological polar surface area (TPSA) is 34.1 Å². The van der Waals surface area contributed by atoms with Crippen molar-refractivity contribution in [3.05, 3.63) is 82.9 Å². The Morgan fingerprint density at radius 1 is 0.600 bits per heavy atom. The number of allylic oxidation sites excluding steroid dienone is 2. The molecule has 0 atom stereocenters. The number of rotatable bonds is 0. The van der Waals surface area contributed by atoms with Crippen molar-refractivity contribution in [1.82, 2.24) is 0 Å². The molecule has 0 heterocycles. The van der Waals surface area contributed by atoms with Crippen molar-refractivity contribution in [3.63, 3.8) is 0 Å². The van der Waals surface area contributed by atoms with Crippen molar-refractivity contribution in [2.24, 2.45) is 0 Å². The maximum Gasteiger partial charge on any atom is 0.186 e. The first-order valence-electron chi connectivity index (χ1n) is 6.47. The van der Waals surface area contributed by atoms with E-state index in [-0.39, 0.29) is 11.6 Å². The van der Waals surface area contributed by atoms with Gasteiger partial charge in [0.25, 0.3) is 0 Å². The second-order valence-electron chi connectivity index (χ2n) is 4.69. The maximum absolute atomic E-state index is 11.2. The van der Waals surface area contributed by atoms with Crippen molar-refractivity contribution < 1.29 is 9.59 Å². The molecule has 1 aliphatic carbocycles. The Kier molecular flexibility index (Phi) is 4.26. The molecule has 2 heteroatoms. The lowest BCUT2D eigenvalue weighted by atomic mass is 9.95. The zero-order valence-electron chi connectivity index (χ0n) is 11.6. The summed E-state index contributed by atoms with van der Waals surface area (Å²) in [6, 6.07) is 15.2. The second-order valence-corrected chi connectivity index (χ2v) is 4.69. The molecule has 20 heavy (non-hydrogen) atoms. The van der Waals surface area contributed by atoms with E-state index in [4.69, 9.17) is 0 Å². The first kappa shape index (κ1) is 13.9. The quantitative estimate of drug-likeness (QED) is 0.722. The third kappa shape index (κ3) is 3.09. The molecule has 0 N–H and O–H groups in total. The second kappa shape index (κ2) is 6.11. The average molecular weight is 264 g/mol. The Balaban J connectivity index is 0.000000160. The molecule has 2 aromatic rings. The molecule has 0 unspecified atom stereocenters. The van der Waals surface area contributed by atoms with Gasteiger partial charge in [-0.1, -0.05) is 48.5 Å². The smallest absolute Gasteiger partial charge is 0.186 e. The predicted molar refractivity (Wildman–Crippen MR) is 80.2 cm³/mol. The van der Waals surface area contributed by atoms with Crippen LogP contribution in [0.3, 0.4) is 0 Å². The van der Waals surface area contributed by atoms with Crippen LogP contribution in [0.5, 0.6) is 0 Å². The zero-order chi connectivity index (χ0) is 14.5. The van der Waals surface area contributed by atoms with E-state index in [1.54, 1.807) is 24.3 Å². The lowest BCUT2D eigenvalue weighted by molar-refractivity contribution is 0.0994. The molecule has 3 rings (SSSR count). The summed E-state index contributed by atoms with van der Waals surface area (Å²) in [6.45, 7) is 4.24. The van der Waals surface area contributed by atoms with Crippen molar-refractivity contribution in [2.45, 2.75) is 13.8 Å². The molecule has 2 aromatic carbocycles. The first-order chi connectivity index (χ1) is 9.59. The van der Waals surface area contributed by atoms with Gasteiger partial charge in [-0.25, -0.2) is 0 Å². The van der Waals surface area contributed by atoms with Crippen LogP contribution in [0.1, 0.15) is 31.8 Å². The highest BCUT2D eigenvalue weighted by Crippen LogP contribution is 2.15. The summed E-state index contributed by atoms with van der Waals surface area (Å²) in [7, 11) is 0. The lowest BCUT2D eigenvalue weighted by Gasteiger charge is -2.06. The van der Waals surface area contributed by atoms with Gasteiger partial charge in [-0.15, -0.1) is 0 Å². The van der Waals surface area contributed by atoms with Crippen LogP contribution in [-0.2, 0) is 0 Å². The van der Waals surface area contributed by atoms with Crippen LogP contribution >= 0.6 is 0 Å². The number of hydrogen-bond donors (Lipinski definition) is 0. The van der Waals surface area contributed by atoms with E-state index < -0.39 is 0 Å². The highest BCUT2D eigenvalue weighted by atomic mass is 16.1. The molecule has 0 amide bonds. The number of fused-ring (bicyclic) bond motifs is 1. The normalized spacial score (nSPS) is 12.5. The van der Waals surface area contributed by atoms with E-state index in [2.05, 4.69) is 38.1 Å². The molecular weight excluding hydrogens is 248 g/mol. The number of benzene rings is 2. The number of carbonyl (C=O) groups is 2. The van der Waals surface area contributed by atoms with Gasteiger partial charge >= 0.3 is 0 Å². The molecule has 0 spiro atoms. The van der Waals surface area contributed by atoms with Gasteiger partial charge < -0.3 is 0 Å². The van der Waals surface area contributed by atoms with Crippen molar-refractivity contribution >= 4 is 11.6 Å². The molecule has 0 aromatic heterocycles. The molecule has 0 aliphatic heterocycles. The molecule has 0 fully saturated rings. The molecular formula is C18H16O2. The van der Waals surface area contributed by atoms with Crippen LogP contribution in [0.2, 0.25) is 0 Å². The van der Waals surface area contributed by atoms with Gasteiger partial charge in [0.1, 0.15) is 0 Å². The van der Waals surface area contributed by atoms with Crippen LogP contribution in [0, 0.1) is 13.8 Å². The molecule has 0 saturated heterocycles.